The standard InChI is InChI=1S/C11H17N3O4S/c1-8-12-6-10(13-8)19(17,18)14(7-11(15)16)9-4-2-3-5-9/h6,9H,2-5,7H2,1H3,(H,12,13)(H,15,16). The number of aromatic nitrogens is 2. The summed E-state index contributed by atoms with van der Waals surface area (Å²) in [6.07, 6.45) is 4.50. The highest BCUT2D eigenvalue weighted by atomic mass is 32.2. The minimum atomic E-state index is -3.82. The van der Waals surface area contributed by atoms with Crippen LogP contribution in [0.3, 0.4) is 0 Å². The SMILES string of the molecule is Cc1ncc(S(=O)(=O)N(CC(=O)O)C2CCCC2)[nH]1. The van der Waals surface area contributed by atoms with Gasteiger partial charge in [0, 0.05) is 6.04 Å². The molecule has 1 aromatic rings. The molecule has 1 aliphatic carbocycles. The lowest BCUT2D eigenvalue weighted by molar-refractivity contribution is -0.137. The molecule has 7 nitrogen and oxygen atoms in total. The fourth-order valence-corrected chi connectivity index (χ4v) is 3.99. The molecule has 1 aromatic heterocycles. The molecule has 2 rings (SSSR count). The number of nitrogens with zero attached hydrogens (tertiary/aromatic N) is 2. The van der Waals surface area contributed by atoms with E-state index in [1.165, 1.54) is 6.20 Å². The van der Waals surface area contributed by atoms with Gasteiger partial charge in [-0.25, -0.2) is 13.4 Å². The molecular weight excluding hydrogens is 270 g/mol. The quantitative estimate of drug-likeness (QED) is 0.831. The van der Waals surface area contributed by atoms with Crippen LogP contribution in [0.5, 0.6) is 0 Å². The monoisotopic (exact) mass is 287 g/mol. The van der Waals surface area contributed by atoms with E-state index in [0.717, 1.165) is 17.1 Å². The van der Waals surface area contributed by atoms with Crippen LogP contribution in [-0.4, -0.2) is 46.4 Å². The largest absolute Gasteiger partial charge is 0.480 e. The molecule has 1 aliphatic rings. The van der Waals surface area contributed by atoms with Crippen LogP contribution in [0.1, 0.15) is 31.5 Å². The number of H-pyrrole nitrogens is 1. The summed E-state index contributed by atoms with van der Waals surface area (Å²) in [5.74, 6) is -0.660. The van der Waals surface area contributed by atoms with E-state index < -0.39 is 22.5 Å². The van der Waals surface area contributed by atoms with Gasteiger partial charge in [0.2, 0.25) is 0 Å². The maximum Gasteiger partial charge on any atom is 0.318 e. The first kappa shape index (κ1) is 14.0. The molecule has 19 heavy (non-hydrogen) atoms. The van der Waals surface area contributed by atoms with Crippen molar-refractivity contribution in [2.24, 2.45) is 0 Å². The fraction of sp³-hybridized carbons (Fsp3) is 0.636. The number of rotatable bonds is 5. The molecule has 0 unspecified atom stereocenters. The number of carbonyl (C=O) groups is 1. The molecule has 1 saturated carbocycles. The number of hydrogen-bond acceptors (Lipinski definition) is 4. The summed E-state index contributed by atoms with van der Waals surface area (Å²) in [5, 5.41) is 8.88. The Morgan fingerprint density at radius 2 is 2.16 bits per heavy atom. The van der Waals surface area contributed by atoms with E-state index in [1.807, 2.05) is 0 Å². The van der Waals surface area contributed by atoms with Crippen LogP contribution in [0, 0.1) is 6.92 Å². The predicted molar refractivity (Wildman–Crippen MR) is 67.1 cm³/mol. The summed E-state index contributed by atoms with van der Waals surface area (Å²) in [5.41, 5.74) is 0. The third-order valence-corrected chi connectivity index (χ3v) is 5.10. The molecule has 2 N–H and O–H groups in total. The Bertz CT molecular complexity index is 560. The van der Waals surface area contributed by atoms with Crippen molar-refractivity contribution in [3.63, 3.8) is 0 Å². The summed E-state index contributed by atoms with van der Waals surface area (Å²) in [4.78, 5) is 17.4. The van der Waals surface area contributed by atoms with Gasteiger partial charge in [0.1, 0.15) is 12.4 Å². The number of sulfonamides is 1. The van der Waals surface area contributed by atoms with Crippen molar-refractivity contribution in [3.05, 3.63) is 12.0 Å². The van der Waals surface area contributed by atoms with E-state index in [0.29, 0.717) is 18.7 Å². The molecule has 0 bridgehead atoms. The van der Waals surface area contributed by atoms with Crippen LogP contribution < -0.4 is 0 Å². The molecule has 0 aliphatic heterocycles. The second-order valence-corrected chi connectivity index (χ2v) is 6.57. The summed E-state index contributed by atoms with van der Waals surface area (Å²) in [6, 6.07) is -0.232. The van der Waals surface area contributed by atoms with Crippen LogP contribution in [0.15, 0.2) is 11.2 Å². The lowest BCUT2D eigenvalue weighted by atomic mass is 10.2. The molecule has 0 aromatic carbocycles. The molecule has 0 spiro atoms. The van der Waals surface area contributed by atoms with Gasteiger partial charge in [-0.3, -0.25) is 4.79 Å². The summed E-state index contributed by atoms with van der Waals surface area (Å²) < 4.78 is 26.0. The molecule has 106 valence electrons. The number of nitrogens with one attached hydrogen (secondary N) is 1. The van der Waals surface area contributed by atoms with Gasteiger partial charge in [0.25, 0.3) is 10.0 Å². The highest BCUT2D eigenvalue weighted by Gasteiger charge is 2.35. The number of imidazole rings is 1. The average Bonchev–Trinajstić information content (AvgIpc) is 2.96. The number of carboxylic acids is 1. The molecule has 8 heteroatoms. The van der Waals surface area contributed by atoms with Crippen molar-refractivity contribution in [2.45, 2.75) is 43.7 Å². The molecule has 0 saturated heterocycles. The van der Waals surface area contributed by atoms with Crippen LogP contribution in [0.25, 0.3) is 0 Å². The van der Waals surface area contributed by atoms with Crippen molar-refractivity contribution in [1.29, 1.82) is 0 Å². The average molecular weight is 287 g/mol. The lowest BCUT2D eigenvalue weighted by Gasteiger charge is -2.25. The third kappa shape index (κ3) is 2.95. The van der Waals surface area contributed by atoms with Crippen LogP contribution in [0.2, 0.25) is 0 Å². The Morgan fingerprint density at radius 1 is 1.53 bits per heavy atom. The normalized spacial score (nSPS) is 17.2. The van der Waals surface area contributed by atoms with Gasteiger partial charge in [0.15, 0.2) is 5.03 Å². The first-order chi connectivity index (χ1) is 8.91. The third-order valence-electron chi connectivity index (χ3n) is 3.29. The highest BCUT2D eigenvalue weighted by molar-refractivity contribution is 7.89. The van der Waals surface area contributed by atoms with Crippen molar-refractivity contribution in [3.8, 4) is 0 Å². The van der Waals surface area contributed by atoms with E-state index in [9.17, 15) is 13.2 Å². The van der Waals surface area contributed by atoms with Crippen molar-refractivity contribution in [2.75, 3.05) is 6.54 Å². The fourth-order valence-electron chi connectivity index (χ4n) is 2.39. The Morgan fingerprint density at radius 3 is 2.63 bits per heavy atom. The van der Waals surface area contributed by atoms with Crippen molar-refractivity contribution >= 4 is 16.0 Å². The summed E-state index contributed by atoms with van der Waals surface area (Å²) >= 11 is 0. The van der Waals surface area contributed by atoms with Gasteiger partial charge in [0.05, 0.1) is 6.20 Å². The second kappa shape index (κ2) is 5.30. The van der Waals surface area contributed by atoms with E-state index in [-0.39, 0.29) is 11.1 Å². The van der Waals surface area contributed by atoms with Crippen molar-refractivity contribution in [1.82, 2.24) is 14.3 Å². The Labute approximate surface area is 111 Å². The molecular formula is C11H17N3O4S. The number of aromatic amines is 1. The van der Waals surface area contributed by atoms with Gasteiger partial charge in [-0.1, -0.05) is 12.8 Å². The number of aryl methyl sites for hydroxylation is 1. The zero-order chi connectivity index (χ0) is 14.0. The smallest absolute Gasteiger partial charge is 0.318 e. The maximum atomic E-state index is 12.5. The van der Waals surface area contributed by atoms with Gasteiger partial charge < -0.3 is 10.1 Å². The Kier molecular flexibility index (Phi) is 3.91. The maximum absolute atomic E-state index is 12.5. The van der Waals surface area contributed by atoms with Gasteiger partial charge in [-0.2, -0.15) is 4.31 Å². The predicted octanol–water partition coefficient (Wildman–Crippen LogP) is 0.736. The van der Waals surface area contributed by atoms with E-state index >= 15 is 0 Å². The zero-order valence-electron chi connectivity index (χ0n) is 10.7. The molecule has 0 radical (unpaired) electrons. The number of hydrogen-bond donors (Lipinski definition) is 2. The van der Waals surface area contributed by atoms with Crippen LogP contribution in [-0.2, 0) is 14.8 Å². The number of aliphatic carboxylic acids is 1. The highest BCUT2D eigenvalue weighted by Crippen LogP contribution is 2.27. The summed E-state index contributed by atoms with van der Waals surface area (Å²) in [7, 11) is -3.82. The second-order valence-electron chi connectivity index (χ2n) is 4.72. The van der Waals surface area contributed by atoms with Crippen LogP contribution in [0.4, 0.5) is 0 Å². The van der Waals surface area contributed by atoms with Gasteiger partial charge >= 0.3 is 5.97 Å². The minimum Gasteiger partial charge on any atom is -0.480 e. The first-order valence-corrected chi connectivity index (χ1v) is 7.60. The number of carboxylic acid groups (broad SMARTS) is 1. The zero-order valence-corrected chi connectivity index (χ0v) is 11.5. The van der Waals surface area contributed by atoms with Crippen LogP contribution >= 0.6 is 0 Å². The van der Waals surface area contributed by atoms with Crippen molar-refractivity contribution < 1.29 is 18.3 Å². The van der Waals surface area contributed by atoms with E-state index in [1.54, 1.807) is 6.92 Å². The van der Waals surface area contributed by atoms with Gasteiger partial charge in [-0.05, 0) is 19.8 Å². The van der Waals surface area contributed by atoms with Gasteiger partial charge in [-0.15, -0.1) is 0 Å². The Hall–Kier alpha value is -1.41. The Balaban J connectivity index is 2.33. The van der Waals surface area contributed by atoms with E-state index in [2.05, 4.69) is 9.97 Å². The topological polar surface area (TPSA) is 103 Å². The molecule has 1 heterocycles. The first-order valence-electron chi connectivity index (χ1n) is 6.16. The molecule has 1 fully saturated rings. The summed E-state index contributed by atoms with van der Waals surface area (Å²) in [6.45, 7) is 1.14. The van der Waals surface area contributed by atoms with E-state index in [4.69, 9.17) is 5.11 Å². The molecule has 0 atom stereocenters. The minimum absolute atomic E-state index is 0.0434. The molecule has 0 amide bonds. The lowest BCUT2D eigenvalue weighted by Crippen LogP contribution is -2.42.